The van der Waals surface area contributed by atoms with Crippen LogP contribution in [0, 0.1) is 0 Å². The Kier molecular flexibility index (Phi) is 3.61. The number of aliphatic imine (C=N–C) groups is 1. The van der Waals surface area contributed by atoms with Crippen molar-refractivity contribution in [1.29, 1.82) is 0 Å². The van der Waals surface area contributed by atoms with Crippen molar-refractivity contribution in [3.05, 3.63) is 75.6 Å². The Morgan fingerprint density at radius 1 is 1.16 bits per heavy atom. The summed E-state index contributed by atoms with van der Waals surface area (Å²) in [5.41, 5.74) is 4.38. The summed E-state index contributed by atoms with van der Waals surface area (Å²) in [6, 6.07) is 15.4. The van der Waals surface area contributed by atoms with Crippen molar-refractivity contribution in [2.24, 2.45) is 4.99 Å². The Hall–Kier alpha value is -3.34. The maximum atomic E-state index is 12.3. The second-order valence-electron chi connectivity index (χ2n) is 5.91. The van der Waals surface area contributed by atoms with Crippen LogP contribution in [-0.4, -0.2) is 21.1 Å². The number of nitrogens with zero attached hydrogens (tertiary/aromatic N) is 2. The molecular formula is C20H17N3O2. The third kappa shape index (κ3) is 2.59. The smallest absolute Gasteiger partial charge is 0.275 e. The molecule has 3 aromatic rings. The van der Waals surface area contributed by atoms with Crippen molar-refractivity contribution in [3.63, 3.8) is 0 Å². The molecule has 2 N–H and O–H groups in total. The van der Waals surface area contributed by atoms with E-state index in [4.69, 9.17) is 0 Å². The van der Waals surface area contributed by atoms with Crippen molar-refractivity contribution in [3.8, 4) is 11.6 Å². The molecule has 0 saturated carbocycles. The fraction of sp³-hybridized carbons (Fsp3) is 0.100. The van der Waals surface area contributed by atoms with Crippen LogP contribution in [0.3, 0.4) is 0 Å². The van der Waals surface area contributed by atoms with E-state index in [2.05, 4.69) is 17.0 Å². The van der Waals surface area contributed by atoms with Crippen molar-refractivity contribution < 1.29 is 5.11 Å². The third-order valence-corrected chi connectivity index (χ3v) is 4.37. The molecule has 0 atom stereocenters. The highest BCUT2D eigenvalue weighted by atomic mass is 16.3. The molecule has 1 aromatic heterocycles. The molecule has 5 nitrogen and oxygen atoms in total. The normalized spacial score (nSPS) is 14.2. The first-order valence-corrected chi connectivity index (χ1v) is 8.16. The zero-order valence-corrected chi connectivity index (χ0v) is 13.7. The van der Waals surface area contributed by atoms with Crippen LogP contribution in [0.5, 0.6) is 5.88 Å². The van der Waals surface area contributed by atoms with Crippen LogP contribution in [0.15, 0.2) is 58.3 Å². The van der Waals surface area contributed by atoms with Gasteiger partial charge in [-0.1, -0.05) is 37.3 Å². The van der Waals surface area contributed by atoms with Gasteiger partial charge in [0.15, 0.2) is 0 Å². The van der Waals surface area contributed by atoms with Crippen molar-refractivity contribution in [2.45, 2.75) is 13.3 Å². The van der Waals surface area contributed by atoms with Crippen LogP contribution < -0.4 is 5.56 Å². The number of H-pyrrole nitrogens is 1. The highest BCUT2D eigenvalue weighted by Gasteiger charge is 2.17. The van der Waals surface area contributed by atoms with Crippen LogP contribution in [0.2, 0.25) is 0 Å². The molecule has 1 aliphatic rings. The number of allylic oxidation sites excluding steroid dienone is 1. The molecule has 0 saturated heterocycles. The molecule has 4 rings (SSSR count). The predicted molar refractivity (Wildman–Crippen MR) is 99.9 cm³/mol. The molecule has 25 heavy (non-hydrogen) atoms. The van der Waals surface area contributed by atoms with Gasteiger partial charge < -0.3 is 5.11 Å². The van der Waals surface area contributed by atoms with E-state index >= 15 is 0 Å². The van der Waals surface area contributed by atoms with E-state index in [9.17, 15) is 9.90 Å². The van der Waals surface area contributed by atoms with E-state index in [1.807, 2.05) is 48.5 Å². The van der Waals surface area contributed by atoms with Crippen LogP contribution in [0.1, 0.15) is 23.6 Å². The molecule has 124 valence electrons. The molecule has 0 bridgehead atoms. The van der Waals surface area contributed by atoms with Crippen molar-refractivity contribution in [2.75, 3.05) is 0 Å². The summed E-state index contributed by atoms with van der Waals surface area (Å²) in [7, 11) is 0. The minimum Gasteiger partial charge on any atom is -0.493 e. The van der Waals surface area contributed by atoms with Gasteiger partial charge >= 0.3 is 0 Å². The van der Waals surface area contributed by atoms with Gasteiger partial charge in [0.2, 0.25) is 5.88 Å². The Balaban J connectivity index is 1.78. The van der Waals surface area contributed by atoms with Gasteiger partial charge in [-0.2, -0.15) is 0 Å². The Labute approximate surface area is 144 Å². The van der Waals surface area contributed by atoms with Gasteiger partial charge in [0.25, 0.3) is 5.56 Å². The molecule has 1 aliphatic heterocycles. The number of para-hydroxylation sites is 1. The molecule has 0 aliphatic carbocycles. The second-order valence-corrected chi connectivity index (χ2v) is 5.91. The number of aromatic hydroxyl groups is 1. The lowest BCUT2D eigenvalue weighted by molar-refractivity contribution is 0.432. The van der Waals surface area contributed by atoms with Crippen LogP contribution >= 0.6 is 0 Å². The summed E-state index contributed by atoms with van der Waals surface area (Å²) < 4.78 is 1.40. The minimum atomic E-state index is -0.345. The number of aromatic amines is 1. The highest BCUT2D eigenvalue weighted by Crippen LogP contribution is 2.33. The Morgan fingerprint density at radius 3 is 2.68 bits per heavy atom. The number of fused-ring (bicyclic) bond motifs is 1. The number of hydrogen-bond acceptors (Lipinski definition) is 3. The summed E-state index contributed by atoms with van der Waals surface area (Å²) in [5, 5.41) is 13.2. The van der Waals surface area contributed by atoms with Crippen LogP contribution in [-0.2, 0) is 6.42 Å². The molecule has 0 amide bonds. The van der Waals surface area contributed by atoms with Crippen LogP contribution in [0.25, 0.3) is 17.3 Å². The first-order chi connectivity index (χ1) is 12.2. The molecule has 0 radical (unpaired) electrons. The third-order valence-electron chi connectivity index (χ3n) is 4.37. The van der Waals surface area contributed by atoms with E-state index in [0.717, 1.165) is 23.2 Å². The van der Waals surface area contributed by atoms with Gasteiger partial charge in [-0.05, 0) is 36.3 Å². The fourth-order valence-electron chi connectivity index (χ4n) is 2.94. The van der Waals surface area contributed by atoms with Crippen molar-refractivity contribution in [1.82, 2.24) is 9.78 Å². The van der Waals surface area contributed by atoms with Gasteiger partial charge in [0, 0.05) is 17.4 Å². The zero-order valence-electron chi connectivity index (χ0n) is 13.7. The average molecular weight is 331 g/mol. The maximum absolute atomic E-state index is 12.3. The standard InChI is InChI=1S/C20H17N3O2/c1-2-13-7-9-15(10-8-13)23-20(25)17(19(24)22-23)11-14-12-21-18-6-4-3-5-16(14)18/h3-12,25H,2H2,1H3,(H,22,24)/b14-11-. The zero-order chi connectivity index (χ0) is 17.4. The van der Waals surface area contributed by atoms with Gasteiger partial charge in [-0.15, -0.1) is 0 Å². The minimum absolute atomic E-state index is 0.112. The predicted octanol–water partition coefficient (Wildman–Crippen LogP) is 3.69. The molecule has 0 unspecified atom stereocenters. The lowest BCUT2D eigenvalue weighted by Crippen LogP contribution is -2.05. The number of benzene rings is 2. The fourth-order valence-corrected chi connectivity index (χ4v) is 2.94. The Morgan fingerprint density at radius 2 is 1.92 bits per heavy atom. The van der Waals surface area contributed by atoms with E-state index in [1.54, 1.807) is 12.3 Å². The molecule has 0 fully saturated rings. The molecular weight excluding hydrogens is 314 g/mol. The van der Waals surface area contributed by atoms with E-state index < -0.39 is 0 Å². The van der Waals surface area contributed by atoms with Gasteiger partial charge in [0.1, 0.15) is 5.56 Å². The second kappa shape index (κ2) is 5.94. The Bertz CT molecular complexity index is 1050. The molecule has 2 aromatic carbocycles. The van der Waals surface area contributed by atoms with E-state index in [1.165, 1.54) is 10.2 Å². The number of rotatable bonds is 3. The summed E-state index contributed by atoms with van der Waals surface area (Å²) in [6.45, 7) is 2.08. The number of aromatic nitrogens is 2. The van der Waals surface area contributed by atoms with E-state index in [0.29, 0.717) is 5.69 Å². The van der Waals surface area contributed by atoms with Gasteiger partial charge in [-0.3, -0.25) is 14.9 Å². The van der Waals surface area contributed by atoms with Crippen LogP contribution in [0.4, 0.5) is 5.69 Å². The topological polar surface area (TPSA) is 70.4 Å². The first-order valence-electron chi connectivity index (χ1n) is 8.16. The largest absolute Gasteiger partial charge is 0.493 e. The molecule has 0 spiro atoms. The number of nitrogens with one attached hydrogen (secondary N) is 1. The lowest BCUT2D eigenvalue weighted by Gasteiger charge is -2.05. The summed E-state index contributed by atoms with van der Waals surface area (Å²) in [6.07, 6.45) is 4.31. The summed E-state index contributed by atoms with van der Waals surface area (Å²) in [5.74, 6) is -0.112. The average Bonchev–Trinajstić information content (AvgIpc) is 3.18. The molecule has 5 heteroatoms. The monoisotopic (exact) mass is 331 g/mol. The SMILES string of the molecule is CCc1ccc(-n2[nH]c(=O)c(/C=C3/C=Nc4ccccc43)c2O)cc1. The summed E-state index contributed by atoms with van der Waals surface area (Å²) in [4.78, 5) is 16.7. The number of aryl methyl sites for hydroxylation is 1. The van der Waals surface area contributed by atoms with Gasteiger partial charge in [0.05, 0.1) is 11.4 Å². The highest BCUT2D eigenvalue weighted by molar-refractivity contribution is 6.21. The van der Waals surface area contributed by atoms with Crippen molar-refractivity contribution >= 4 is 23.6 Å². The summed E-state index contributed by atoms with van der Waals surface area (Å²) >= 11 is 0. The first kappa shape index (κ1) is 15.2. The molecule has 2 heterocycles. The quantitative estimate of drug-likeness (QED) is 0.768. The van der Waals surface area contributed by atoms with E-state index in [-0.39, 0.29) is 17.0 Å². The lowest BCUT2D eigenvalue weighted by atomic mass is 10.1. The number of hydrogen-bond donors (Lipinski definition) is 2. The van der Waals surface area contributed by atoms with Gasteiger partial charge in [-0.25, -0.2) is 4.68 Å². The maximum Gasteiger partial charge on any atom is 0.275 e.